The molecule has 112 valence electrons. The smallest absolute Gasteiger partial charge is 0.347 e. The lowest BCUT2D eigenvalue weighted by Crippen LogP contribution is -2.27. The van der Waals surface area contributed by atoms with E-state index in [0.29, 0.717) is 10.6 Å². The van der Waals surface area contributed by atoms with Gasteiger partial charge in [-0.3, -0.25) is 4.90 Å². The molecule has 1 aromatic rings. The quantitative estimate of drug-likeness (QED) is 0.892. The molecule has 6 heteroatoms. The van der Waals surface area contributed by atoms with Gasteiger partial charge in [0, 0.05) is 18.5 Å². The van der Waals surface area contributed by atoms with Gasteiger partial charge in [-0.05, 0) is 19.5 Å². The highest BCUT2D eigenvalue weighted by molar-refractivity contribution is 7.13. The molecule has 0 aliphatic carbocycles. The van der Waals surface area contributed by atoms with Gasteiger partial charge in [-0.1, -0.05) is 20.8 Å². The van der Waals surface area contributed by atoms with Crippen molar-refractivity contribution in [3.05, 3.63) is 15.6 Å². The third-order valence-electron chi connectivity index (χ3n) is 3.37. The monoisotopic (exact) mass is 297 g/mol. The topological polar surface area (TPSA) is 65.5 Å². The summed E-state index contributed by atoms with van der Waals surface area (Å²) in [6.07, 6.45) is 1.13. The van der Waals surface area contributed by atoms with E-state index in [1.54, 1.807) is 0 Å². The summed E-state index contributed by atoms with van der Waals surface area (Å²) in [5.74, 6) is -0.865. The first-order valence-corrected chi connectivity index (χ1v) is 7.86. The number of nitrogens with zero attached hydrogens (tertiary/aromatic N) is 2. The summed E-state index contributed by atoms with van der Waals surface area (Å²) in [6, 6.07) is 0. The van der Waals surface area contributed by atoms with Crippen molar-refractivity contribution in [3.63, 3.8) is 0 Å². The Labute approximate surface area is 124 Å². The molecule has 20 heavy (non-hydrogen) atoms. The van der Waals surface area contributed by atoms with Crippen LogP contribution in [-0.2, 0) is 12.0 Å². The molecule has 1 fully saturated rings. The Morgan fingerprint density at radius 2 is 2.15 bits per heavy atom. The number of aromatic nitrogens is 1. The first-order valence-electron chi connectivity index (χ1n) is 7.04. The zero-order valence-corrected chi connectivity index (χ0v) is 13.2. The van der Waals surface area contributed by atoms with Crippen molar-refractivity contribution >= 4 is 17.3 Å². The lowest BCUT2D eigenvalue weighted by Gasteiger charge is -2.18. The van der Waals surface area contributed by atoms with Crippen molar-refractivity contribution in [1.29, 1.82) is 0 Å². The number of nitrogens with one attached hydrogen (secondary N) is 1. The third-order valence-corrected chi connectivity index (χ3v) is 4.40. The van der Waals surface area contributed by atoms with Crippen LogP contribution in [0.25, 0.3) is 0 Å². The standard InChI is InChI=1S/C14H23N3O2S/c1-14(2,3)12-11(13(18)19)20-10(16-12)9-17-7-4-5-15-6-8-17/h15H,4-9H2,1-3H3,(H,18,19). The Morgan fingerprint density at radius 3 is 2.75 bits per heavy atom. The van der Waals surface area contributed by atoms with Crippen molar-refractivity contribution < 1.29 is 9.90 Å². The van der Waals surface area contributed by atoms with Crippen LogP contribution in [0, 0.1) is 0 Å². The van der Waals surface area contributed by atoms with Crippen molar-refractivity contribution in [3.8, 4) is 0 Å². The third kappa shape index (κ3) is 3.77. The summed E-state index contributed by atoms with van der Waals surface area (Å²) < 4.78 is 0. The molecule has 0 unspecified atom stereocenters. The average Bonchev–Trinajstić information content (AvgIpc) is 2.61. The minimum absolute atomic E-state index is 0.233. The lowest BCUT2D eigenvalue weighted by molar-refractivity contribution is 0.0699. The van der Waals surface area contributed by atoms with Gasteiger partial charge in [0.25, 0.3) is 0 Å². The van der Waals surface area contributed by atoms with Gasteiger partial charge in [0.1, 0.15) is 9.88 Å². The molecule has 2 rings (SSSR count). The predicted octanol–water partition coefficient (Wildman–Crippen LogP) is 1.93. The van der Waals surface area contributed by atoms with E-state index >= 15 is 0 Å². The Balaban J connectivity index is 2.18. The Bertz CT molecular complexity index is 471. The van der Waals surface area contributed by atoms with Crippen molar-refractivity contribution in [1.82, 2.24) is 15.2 Å². The second-order valence-corrected chi connectivity index (χ2v) is 7.30. The van der Waals surface area contributed by atoms with E-state index in [-0.39, 0.29) is 5.41 Å². The van der Waals surface area contributed by atoms with E-state index in [9.17, 15) is 9.90 Å². The molecule has 0 spiro atoms. The van der Waals surface area contributed by atoms with Crippen LogP contribution >= 0.6 is 11.3 Å². The summed E-state index contributed by atoms with van der Waals surface area (Å²) in [7, 11) is 0. The van der Waals surface area contributed by atoms with Gasteiger partial charge in [-0.25, -0.2) is 9.78 Å². The normalized spacial score (nSPS) is 17.9. The highest BCUT2D eigenvalue weighted by atomic mass is 32.1. The van der Waals surface area contributed by atoms with Crippen LogP contribution in [0.5, 0.6) is 0 Å². The van der Waals surface area contributed by atoms with Crippen molar-refractivity contribution in [2.24, 2.45) is 0 Å². The van der Waals surface area contributed by atoms with Crippen LogP contribution in [-0.4, -0.2) is 47.1 Å². The summed E-state index contributed by atoms with van der Waals surface area (Å²) in [6.45, 7) is 10.9. The van der Waals surface area contributed by atoms with Gasteiger partial charge >= 0.3 is 5.97 Å². The number of thiazole rings is 1. The average molecular weight is 297 g/mol. The maximum Gasteiger partial charge on any atom is 0.347 e. The lowest BCUT2D eigenvalue weighted by atomic mass is 9.91. The SMILES string of the molecule is CC(C)(C)c1nc(CN2CCCNCC2)sc1C(=O)O. The van der Waals surface area contributed by atoms with Gasteiger partial charge in [0.05, 0.1) is 12.2 Å². The zero-order valence-electron chi connectivity index (χ0n) is 12.4. The number of hydrogen-bond acceptors (Lipinski definition) is 5. The van der Waals surface area contributed by atoms with Crippen LogP contribution in [0.3, 0.4) is 0 Å². The Hall–Kier alpha value is -0.980. The fraction of sp³-hybridized carbons (Fsp3) is 0.714. The summed E-state index contributed by atoms with van der Waals surface area (Å²) in [4.78, 5) is 18.7. The number of hydrogen-bond donors (Lipinski definition) is 2. The number of carboxylic acid groups (broad SMARTS) is 1. The van der Waals surface area contributed by atoms with E-state index in [2.05, 4.69) is 15.2 Å². The molecule has 1 aromatic heterocycles. The number of aromatic carboxylic acids is 1. The molecule has 0 amide bonds. The number of carbonyl (C=O) groups is 1. The molecule has 0 radical (unpaired) electrons. The minimum atomic E-state index is -0.865. The van der Waals surface area contributed by atoms with Gasteiger partial charge in [-0.2, -0.15) is 0 Å². The molecule has 0 atom stereocenters. The summed E-state index contributed by atoms with van der Waals surface area (Å²) in [5, 5.41) is 13.6. The van der Waals surface area contributed by atoms with E-state index < -0.39 is 5.97 Å². The number of carboxylic acids is 1. The highest BCUT2D eigenvalue weighted by Crippen LogP contribution is 2.30. The second kappa shape index (κ2) is 6.20. The van der Waals surface area contributed by atoms with Crippen LogP contribution in [0.4, 0.5) is 0 Å². The van der Waals surface area contributed by atoms with Gasteiger partial charge in [0.2, 0.25) is 0 Å². The van der Waals surface area contributed by atoms with Crippen LogP contribution < -0.4 is 5.32 Å². The fourth-order valence-corrected chi connectivity index (χ4v) is 3.49. The molecule has 1 aliphatic heterocycles. The zero-order chi connectivity index (χ0) is 14.8. The van der Waals surface area contributed by atoms with E-state index in [1.165, 1.54) is 11.3 Å². The highest BCUT2D eigenvalue weighted by Gasteiger charge is 2.27. The first-order chi connectivity index (χ1) is 9.38. The summed E-state index contributed by atoms with van der Waals surface area (Å²) >= 11 is 1.32. The predicted molar refractivity (Wildman–Crippen MR) is 80.5 cm³/mol. The molecular formula is C14H23N3O2S. The molecular weight excluding hydrogens is 274 g/mol. The summed E-state index contributed by atoms with van der Waals surface area (Å²) in [5.41, 5.74) is 0.473. The molecule has 1 aliphatic rings. The van der Waals surface area contributed by atoms with E-state index in [0.717, 1.165) is 44.2 Å². The Kier molecular flexibility index (Phi) is 4.78. The number of rotatable bonds is 3. The Morgan fingerprint density at radius 1 is 1.40 bits per heavy atom. The fourth-order valence-electron chi connectivity index (χ4n) is 2.34. The molecule has 0 aromatic carbocycles. The molecule has 0 bridgehead atoms. The molecule has 2 N–H and O–H groups in total. The van der Waals surface area contributed by atoms with Crippen LogP contribution in [0.2, 0.25) is 0 Å². The second-order valence-electron chi connectivity index (χ2n) is 6.22. The molecule has 0 saturated carbocycles. The van der Waals surface area contributed by atoms with E-state index in [4.69, 9.17) is 0 Å². The van der Waals surface area contributed by atoms with Crippen LogP contribution in [0.15, 0.2) is 0 Å². The molecule has 2 heterocycles. The minimum Gasteiger partial charge on any atom is -0.477 e. The van der Waals surface area contributed by atoms with Gasteiger partial charge < -0.3 is 10.4 Å². The maximum absolute atomic E-state index is 11.4. The van der Waals surface area contributed by atoms with Crippen molar-refractivity contribution in [2.45, 2.75) is 39.2 Å². The maximum atomic E-state index is 11.4. The van der Waals surface area contributed by atoms with Gasteiger partial charge in [0.15, 0.2) is 0 Å². The van der Waals surface area contributed by atoms with E-state index in [1.807, 2.05) is 20.8 Å². The molecule has 5 nitrogen and oxygen atoms in total. The molecule has 1 saturated heterocycles. The van der Waals surface area contributed by atoms with Gasteiger partial charge in [-0.15, -0.1) is 11.3 Å². The first kappa shape index (κ1) is 15.4. The van der Waals surface area contributed by atoms with Crippen LogP contribution in [0.1, 0.15) is 47.6 Å². The largest absolute Gasteiger partial charge is 0.477 e. The van der Waals surface area contributed by atoms with Crippen molar-refractivity contribution in [2.75, 3.05) is 26.2 Å².